The minimum absolute atomic E-state index is 0.213. The SMILES string of the molecule is CCOC(=O)C1=C(CSc2nnc(-c3ccncc3)n2C)NC(=O)NC1c1ccc(OC)cc1. The van der Waals surface area contributed by atoms with Crippen molar-refractivity contribution in [1.82, 2.24) is 30.4 Å². The summed E-state index contributed by atoms with van der Waals surface area (Å²) in [6.45, 7) is 1.95. The first-order chi connectivity index (χ1) is 16.5. The molecule has 2 amide bonds. The molecule has 0 bridgehead atoms. The molecule has 0 fully saturated rings. The zero-order chi connectivity index (χ0) is 24.1. The molecule has 11 heteroatoms. The number of nitrogens with zero attached hydrogens (tertiary/aromatic N) is 4. The lowest BCUT2D eigenvalue weighted by molar-refractivity contribution is -0.139. The third-order valence-corrected chi connectivity index (χ3v) is 6.26. The van der Waals surface area contributed by atoms with Crippen LogP contribution in [0.2, 0.25) is 0 Å². The van der Waals surface area contributed by atoms with E-state index in [1.807, 2.05) is 35.9 Å². The molecule has 1 aliphatic heterocycles. The van der Waals surface area contributed by atoms with Gasteiger partial charge >= 0.3 is 12.0 Å². The summed E-state index contributed by atoms with van der Waals surface area (Å²) in [5.74, 6) is 1.15. The number of methoxy groups -OCH3 is 1. The maximum Gasteiger partial charge on any atom is 0.338 e. The molecule has 2 N–H and O–H groups in total. The molecule has 1 atom stereocenters. The molecule has 0 radical (unpaired) electrons. The monoisotopic (exact) mass is 480 g/mol. The Balaban J connectivity index is 1.64. The summed E-state index contributed by atoms with van der Waals surface area (Å²) in [7, 11) is 3.44. The van der Waals surface area contributed by atoms with E-state index < -0.39 is 18.0 Å². The molecule has 2 aromatic heterocycles. The van der Waals surface area contributed by atoms with Gasteiger partial charge in [0.2, 0.25) is 0 Å². The summed E-state index contributed by atoms with van der Waals surface area (Å²) < 4.78 is 12.4. The lowest BCUT2D eigenvalue weighted by Gasteiger charge is -2.29. The Morgan fingerprint density at radius 3 is 2.56 bits per heavy atom. The Hall–Kier alpha value is -3.86. The first-order valence-corrected chi connectivity index (χ1v) is 11.5. The molecule has 34 heavy (non-hydrogen) atoms. The second-order valence-electron chi connectivity index (χ2n) is 7.31. The Labute approximate surface area is 200 Å². The zero-order valence-electron chi connectivity index (χ0n) is 18.9. The van der Waals surface area contributed by atoms with Crippen molar-refractivity contribution in [1.29, 1.82) is 0 Å². The summed E-state index contributed by atoms with van der Waals surface area (Å²) in [4.78, 5) is 29.5. The van der Waals surface area contributed by atoms with Crippen LogP contribution in [0.4, 0.5) is 4.79 Å². The third-order valence-electron chi connectivity index (χ3n) is 5.22. The molecule has 3 heterocycles. The van der Waals surface area contributed by atoms with E-state index in [4.69, 9.17) is 9.47 Å². The quantitative estimate of drug-likeness (QED) is 0.373. The Morgan fingerprint density at radius 2 is 1.88 bits per heavy atom. The second-order valence-corrected chi connectivity index (χ2v) is 8.25. The first kappa shape index (κ1) is 23.3. The molecule has 0 saturated heterocycles. The standard InChI is InChI=1S/C23H24N6O4S/c1-4-33-21(30)18-17(25-22(31)26-19(18)14-5-7-16(32-3)8-6-14)13-34-23-28-27-20(29(23)2)15-9-11-24-12-10-15/h5-12,19H,4,13H2,1-3H3,(H2,25,26,31). The predicted octanol–water partition coefficient (Wildman–Crippen LogP) is 2.85. The fraction of sp³-hybridized carbons (Fsp3) is 0.261. The second kappa shape index (κ2) is 10.4. The molecular formula is C23H24N6O4S. The fourth-order valence-corrected chi connectivity index (χ4v) is 4.44. The number of benzene rings is 1. The Morgan fingerprint density at radius 1 is 1.15 bits per heavy atom. The molecule has 0 saturated carbocycles. The molecule has 1 aliphatic rings. The largest absolute Gasteiger partial charge is 0.497 e. The van der Waals surface area contributed by atoms with E-state index in [9.17, 15) is 9.59 Å². The molecule has 4 rings (SSSR count). The van der Waals surface area contributed by atoms with Crippen LogP contribution < -0.4 is 15.4 Å². The van der Waals surface area contributed by atoms with E-state index >= 15 is 0 Å². The maximum atomic E-state index is 12.9. The fourth-order valence-electron chi connectivity index (χ4n) is 3.56. The minimum atomic E-state index is -0.666. The van der Waals surface area contributed by atoms with Crippen molar-refractivity contribution >= 4 is 23.8 Å². The highest BCUT2D eigenvalue weighted by atomic mass is 32.2. The lowest BCUT2D eigenvalue weighted by Crippen LogP contribution is -2.46. The van der Waals surface area contributed by atoms with Crippen molar-refractivity contribution in [3.05, 3.63) is 65.6 Å². The van der Waals surface area contributed by atoms with E-state index in [-0.39, 0.29) is 12.4 Å². The van der Waals surface area contributed by atoms with Gasteiger partial charge in [-0.3, -0.25) is 4.98 Å². The molecule has 1 unspecified atom stereocenters. The number of aromatic nitrogens is 4. The summed E-state index contributed by atoms with van der Waals surface area (Å²) in [6, 6.07) is 9.81. The first-order valence-electron chi connectivity index (χ1n) is 10.6. The molecule has 0 aliphatic carbocycles. The van der Waals surface area contributed by atoms with Gasteiger partial charge in [-0.2, -0.15) is 0 Å². The van der Waals surface area contributed by atoms with Crippen molar-refractivity contribution in [3.8, 4) is 17.1 Å². The number of amides is 2. The van der Waals surface area contributed by atoms with Crippen LogP contribution in [0.15, 0.2) is 65.2 Å². The van der Waals surface area contributed by atoms with Gasteiger partial charge in [-0.05, 0) is 36.8 Å². The van der Waals surface area contributed by atoms with E-state index in [0.717, 1.165) is 11.1 Å². The van der Waals surface area contributed by atoms with Crippen LogP contribution in [0.1, 0.15) is 18.5 Å². The Kier molecular flexibility index (Phi) is 7.12. The van der Waals surface area contributed by atoms with Gasteiger partial charge in [-0.1, -0.05) is 23.9 Å². The molecular weight excluding hydrogens is 456 g/mol. The molecule has 3 aromatic rings. The number of ether oxygens (including phenoxy) is 2. The molecule has 0 spiro atoms. The average molecular weight is 481 g/mol. The van der Waals surface area contributed by atoms with Crippen LogP contribution in [0, 0.1) is 0 Å². The van der Waals surface area contributed by atoms with E-state index in [1.54, 1.807) is 38.6 Å². The highest BCUT2D eigenvalue weighted by Gasteiger charge is 2.34. The minimum Gasteiger partial charge on any atom is -0.497 e. The van der Waals surface area contributed by atoms with Crippen LogP contribution in [0.5, 0.6) is 5.75 Å². The number of pyridine rings is 1. The van der Waals surface area contributed by atoms with Crippen LogP contribution >= 0.6 is 11.8 Å². The number of urea groups is 1. The van der Waals surface area contributed by atoms with Gasteiger partial charge in [0.05, 0.1) is 25.3 Å². The van der Waals surface area contributed by atoms with Gasteiger partial charge in [0, 0.05) is 36.5 Å². The molecule has 176 valence electrons. The number of rotatable bonds is 8. The van der Waals surface area contributed by atoms with Gasteiger partial charge in [-0.15, -0.1) is 10.2 Å². The number of carbonyl (C=O) groups is 2. The van der Waals surface area contributed by atoms with Crippen LogP contribution in [-0.2, 0) is 16.6 Å². The highest BCUT2D eigenvalue weighted by Crippen LogP contribution is 2.31. The highest BCUT2D eigenvalue weighted by molar-refractivity contribution is 7.99. The number of thioether (sulfide) groups is 1. The van der Waals surface area contributed by atoms with Crippen LogP contribution in [0.25, 0.3) is 11.4 Å². The number of esters is 1. The van der Waals surface area contributed by atoms with E-state index in [2.05, 4.69) is 25.8 Å². The van der Waals surface area contributed by atoms with Gasteiger partial charge in [0.25, 0.3) is 0 Å². The average Bonchev–Trinajstić information content (AvgIpc) is 3.23. The number of carbonyl (C=O) groups excluding carboxylic acids is 2. The summed E-state index contributed by atoms with van der Waals surface area (Å²) in [5, 5.41) is 14.8. The zero-order valence-corrected chi connectivity index (χ0v) is 19.8. The summed E-state index contributed by atoms with van der Waals surface area (Å²) in [6.07, 6.45) is 3.38. The lowest BCUT2D eigenvalue weighted by atomic mass is 9.95. The number of hydrogen-bond donors (Lipinski definition) is 2. The Bertz CT molecular complexity index is 1210. The van der Waals surface area contributed by atoms with Gasteiger partial charge in [0.1, 0.15) is 5.75 Å². The van der Waals surface area contributed by atoms with E-state index in [1.165, 1.54) is 11.8 Å². The smallest absolute Gasteiger partial charge is 0.338 e. The number of nitrogens with one attached hydrogen (secondary N) is 2. The summed E-state index contributed by atoms with van der Waals surface area (Å²) >= 11 is 1.36. The van der Waals surface area contributed by atoms with Crippen LogP contribution in [-0.4, -0.2) is 51.2 Å². The van der Waals surface area contributed by atoms with E-state index in [0.29, 0.717) is 28.0 Å². The molecule has 1 aromatic carbocycles. The van der Waals surface area contributed by atoms with Crippen molar-refractivity contribution in [2.45, 2.75) is 18.1 Å². The maximum absolute atomic E-state index is 12.9. The van der Waals surface area contributed by atoms with Crippen molar-refractivity contribution < 1.29 is 19.1 Å². The van der Waals surface area contributed by atoms with Gasteiger partial charge in [-0.25, -0.2) is 9.59 Å². The van der Waals surface area contributed by atoms with Gasteiger partial charge in [0.15, 0.2) is 11.0 Å². The third kappa shape index (κ3) is 4.88. The van der Waals surface area contributed by atoms with Gasteiger partial charge < -0.3 is 24.7 Å². The predicted molar refractivity (Wildman–Crippen MR) is 126 cm³/mol. The van der Waals surface area contributed by atoms with Crippen molar-refractivity contribution in [3.63, 3.8) is 0 Å². The number of hydrogen-bond acceptors (Lipinski definition) is 8. The summed E-state index contributed by atoms with van der Waals surface area (Å²) in [5.41, 5.74) is 2.43. The molecule has 10 nitrogen and oxygen atoms in total. The topological polar surface area (TPSA) is 120 Å². The van der Waals surface area contributed by atoms with Crippen molar-refractivity contribution in [2.24, 2.45) is 7.05 Å². The van der Waals surface area contributed by atoms with Crippen LogP contribution in [0.3, 0.4) is 0 Å². The van der Waals surface area contributed by atoms with Crippen molar-refractivity contribution in [2.75, 3.05) is 19.5 Å². The normalized spacial score (nSPS) is 15.5.